The summed E-state index contributed by atoms with van der Waals surface area (Å²) in [5.41, 5.74) is -0.383. The first-order chi connectivity index (χ1) is 6.66. The summed E-state index contributed by atoms with van der Waals surface area (Å²) in [6, 6.07) is 1.21. The fraction of sp³-hybridized carbons (Fsp3) is 0.286. The standard InChI is InChI=1S/C7H6N2O4S/c10-5-1-4(13-8-5)2-9-6(11)3-14-7(9)12/h1H,2-3H2,(H,8,10). The van der Waals surface area contributed by atoms with Crippen LogP contribution in [0.2, 0.25) is 0 Å². The molecule has 2 rings (SSSR count). The van der Waals surface area contributed by atoms with E-state index in [1.807, 2.05) is 0 Å². The highest BCUT2D eigenvalue weighted by Gasteiger charge is 2.30. The van der Waals surface area contributed by atoms with Crippen molar-refractivity contribution >= 4 is 22.9 Å². The van der Waals surface area contributed by atoms with Crippen molar-refractivity contribution in [3.05, 3.63) is 22.2 Å². The van der Waals surface area contributed by atoms with Crippen LogP contribution in [0.1, 0.15) is 5.76 Å². The molecule has 0 aromatic carbocycles. The summed E-state index contributed by atoms with van der Waals surface area (Å²) in [5, 5.41) is 1.78. The highest BCUT2D eigenvalue weighted by molar-refractivity contribution is 8.14. The van der Waals surface area contributed by atoms with E-state index in [2.05, 4.69) is 5.16 Å². The topological polar surface area (TPSA) is 83.4 Å². The van der Waals surface area contributed by atoms with Gasteiger partial charge in [0.1, 0.15) is 0 Å². The Hall–Kier alpha value is -1.50. The molecule has 6 nitrogen and oxygen atoms in total. The van der Waals surface area contributed by atoms with Crippen molar-refractivity contribution in [1.82, 2.24) is 10.1 Å². The molecule has 74 valence electrons. The fourth-order valence-corrected chi connectivity index (χ4v) is 1.81. The normalized spacial score (nSPS) is 16.7. The number of imide groups is 1. The van der Waals surface area contributed by atoms with E-state index in [0.717, 1.165) is 16.7 Å². The number of aromatic nitrogens is 1. The molecule has 0 radical (unpaired) electrons. The molecule has 1 N–H and O–H groups in total. The van der Waals surface area contributed by atoms with Gasteiger partial charge in [0, 0.05) is 6.07 Å². The second-order valence-corrected chi connectivity index (χ2v) is 3.64. The Kier molecular flexibility index (Phi) is 2.16. The van der Waals surface area contributed by atoms with E-state index in [-0.39, 0.29) is 34.8 Å². The molecular formula is C7H6N2O4S. The van der Waals surface area contributed by atoms with Crippen molar-refractivity contribution in [3.63, 3.8) is 0 Å². The van der Waals surface area contributed by atoms with Crippen molar-refractivity contribution in [3.8, 4) is 0 Å². The first kappa shape index (κ1) is 9.07. The summed E-state index contributed by atoms with van der Waals surface area (Å²) in [6.07, 6.45) is 0. The third kappa shape index (κ3) is 1.58. The number of rotatable bonds is 2. The van der Waals surface area contributed by atoms with Crippen LogP contribution in [-0.4, -0.2) is 27.0 Å². The van der Waals surface area contributed by atoms with Crippen LogP contribution >= 0.6 is 11.8 Å². The van der Waals surface area contributed by atoms with Crippen molar-refractivity contribution in [2.24, 2.45) is 0 Å². The maximum atomic E-state index is 11.2. The van der Waals surface area contributed by atoms with Gasteiger partial charge in [-0.1, -0.05) is 11.8 Å². The largest absolute Gasteiger partial charge is 0.382 e. The van der Waals surface area contributed by atoms with Crippen LogP contribution in [-0.2, 0) is 11.3 Å². The number of aromatic amines is 1. The van der Waals surface area contributed by atoms with Crippen LogP contribution in [0, 0.1) is 0 Å². The van der Waals surface area contributed by atoms with Gasteiger partial charge in [0.05, 0.1) is 12.3 Å². The van der Waals surface area contributed by atoms with Gasteiger partial charge in [0.15, 0.2) is 5.76 Å². The Bertz CT molecular complexity index is 419. The van der Waals surface area contributed by atoms with Crippen LogP contribution in [0.5, 0.6) is 0 Å². The Morgan fingerprint density at radius 3 is 2.79 bits per heavy atom. The lowest BCUT2D eigenvalue weighted by molar-refractivity contribution is -0.125. The monoisotopic (exact) mass is 214 g/mol. The van der Waals surface area contributed by atoms with Crippen molar-refractivity contribution in [2.45, 2.75) is 6.54 Å². The van der Waals surface area contributed by atoms with Crippen LogP contribution in [0.15, 0.2) is 15.4 Å². The third-order valence-electron chi connectivity index (χ3n) is 1.73. The highest BCUT2D eigenvalue weighted by Crippen LogP contribution is 2.20. The fourth-order valence-electron chi connectivity index (χ4n) is 1.09. The zero-order valence-corrected chi connectivity index (χ0v) is 7.80. The van der Waals surface area contributed by atoms with Crippen LogP contribution < -0.4 is 5.56 Å². The summed E-state index contributed by atoms with van der Waals surface area (Å²) in [6.45, 7) is 0.0173. The Labute approximate surface area is 82.2 Å². The number of H-pyrrole nitrogens is 1. The molecule has 0 spiro atoms. The van der Waals surface area contributed by atoms with Crippen LogP contribution in [0.25, 0.3) is 0 Å². The van der Waals surface area contributed by atoms with Gasteiger partial charge in [0.25, 0.3) is 10.8 Å². The number of nitrogens with one attached hydrogen (secondary N) is 1. The second-order valence-electron chi connectivity index (χ2n) is 2.71. The van der Waals surface area contributed by atoms with Crippen molar-refractivity contribution < 1.29 is 14.1 Å². The summed E-state index contributed by atoms with van der Waals surface area (Å²) in [7, 11) is 0. The number of carbonyl (C=O) groups excluding carboxylic acids is 2. The van der Waals surface area contributed by atoms with Crippen molar-refractivity contribution in [1.29, 1.82) is 0 Å². The van der Waals surface area contributed by atoms with Crippen LogP contribution in [0.3, 0.4) is 0 Å². The maximum Gasteiger partial charge on any atom is 0.289 e. The Balaban J connectivity index is 2.14. The van der Waals surface area contributed by atoms with E-state index in [4.69, 9.17) is 4.52 Å². The average Bonchev–Trinajstić information content (AvgIpc) is 2.67. The molecule has 0 saturated carbocycles. The third-order valence-corrected chi connectivity index (χ3v) is 2.59. The van der Waals surface area contributed by atoms with Gasteiger partial charge in [-0.25, -0.2) is 0 Å². The number of thioether (sulfide) groups is 1. The molecule has 1 saturated heterocycles. The van der Waals surface area contributed by atoms with Gasteiger partial charge >= 0.3 is 0 Å². The molecule has 2 heterocycles. The molecule has 1 fully saturated rings. The summed E-state index contributed by atoms with van der Waals surface area (Å²) in [4.78, 5) is 34.0. The molecule has 1 aliphatic heterocycles. The molecule has 0 atom stereocenters. The lowest BCUT2D eigenvalue weighted by atomic mass is 10.4. The first-order valence-corrected chi connectivity index (χ1v) is 4.80. The SMILES string of the molecule is O=C1CSC(=O)N1Cc1cc(=O)[nH]o1. The molecule has 0 bridgehead atoms. The van der Waals surface area contributed by atoms with Gasteiger partial charge in [-0.3, -0.25) is 19.3 Å². The number of hydrogen-bond acceptors (Lipinski definition) is 5. The summed E-state index contributed by atoms with van der Waals surface area (Å²) < 4.78 is 4.73. The van der Waals surface area contributed by atoms with Gasteiger partial charge in [-0.15, -0.1) is 0 Å². The first-order valence-electron chi connectivity index (χ1n) is 3.81. The predicted molar refractivity (Wildman–Crippen MR) is 47.7 cm³/mol. The predicted octanol–water partition coefficient (Wildman–Crippen LogP) is 0.163. The van der Waals surface area contributed by atoms with Crippen LogP contribution in [0.4, 0.5) is 4.79 Å². The van der Waals surface area contributed by atoms with E-state index in [0.29, 0.717) is 0 Å². The van der Waals surface area contributed by atoms with E-state index >= 15 is 0 Å². The minimum Gasteiger partial charge on any atom is -0.382 e. The molecule has 1 aromatic rings. The quantitative estimate of drug-likeness (QED) is 0.758. The van der Waals surface area contributed by atoms with Gasteiger partial charge < -0.3 is 4.52 Å². The number of carbonyl (C=O) groups is 2. The van der Waals surface area contributed by atoms with Gasteiger partial charge in [0.2, 0.25) is 5.91 Å². The lowest BCUT2D eigenvalue weighted by Gasteiger charge is -2.08. The molecule has 0 unspecified atom stereocenters. The average molecular weight is 214 g/mol. The minimum atomic E-state index is -0.383. The molecular weight excluding hydrogens is 208 g/mol. The zero-order chi connectivity index (χ0) is 10.1. The highest BCUT2D eigenvalue weighted by atomic mass is 32.2. The van der Waals surface area contributed by atoms with Crippen molar-refractivity contribution in [2.75, 3.05) is 5.75 Å². The van der Waals surface area contributed by atoms with E-state index in [1.54, 1.807) is 0 Å². The molecule has 14 heavy (non-hydrogen) atoms. The molecule has 2 amide bonds. The molecule has 1 aromatic heterocycles. The Morgan fingerprint density at radius 2 is 2.29 bits per heavy atom. The second kappa shape index (κ2) is 3.33. The smallest absolute Gasteiger partial charge is 0.289 e. The molecule has 1 aliphatic rings. The van der Waals surface area contributed by atoms with E-state index in [9.17, 15) is 14.4 Å². The lowest BCUT2D eigenvalue weighted by Crippen LogP contribution is -2.27. The number of hydrogen-bond donors (Lipinski definition) is 1. The summed E-state index contributed by atoms with van der Waals surface area (Å²) >= 11 is 0.947. The molecule has 7 heteroatoms. The number of amides is 2. The summed E-state index contributed by atoms with van der Waals surface area (Å²) in [5.74, 6) is 0.177. The number of nitrogens with zero attached hydrogens (tertiary/aromatic N) is 1. The molecule has 0 aliphatic carbocycles. The Morgan fingerprint density at radius 1 is 1.50 bits per heavy atom. The maximum absolute atomic E-state index is 11.2. The zero-order valence-electron chi connectivity index (χ0n) is 6.98. The van der Waals surface area contributed by atoms with Gasteiger partial charge in [-0.05, 0) is 0 Å². The minimum absolute atomic E-state index is 0.0173. The van der Waals surface area contributed by atoms with Gasteiger partial charge in [-0.2, -0.15) is 5.16 Å². The van der Waals surface area contributed by atoms with E-state index < -0.39 is 0 Å². The van der Waals surface area contributed by atoms with E-state index in [1.165, 1.54) is 6.07 Å².